The number of para-hydroxylation sites is 2. The van der Waals surface area contributed by atoms with Crippen molar-refractivity contribution in [2.45, 2.75) is 13.2 Å². The molecule has 0 heterocycles. The van der Waals surface area contributed by atoms with Crippen LogP contribution >= 0.6 is 11.6 Å². The van der Waals surface area contributed by atoms with Crippen LogP contribution in [-0.2, 0) is 18.0 Å². The number of ether oxygens (including phenoxy) is 3. The predicted octanol–water partition coefficient (Wildman–Crippen LogP) is 6.05. The first kappa shape index (κ1) is 26.4. The number of carbonyl (C=O) groups excluding carboxylic acids is 2. The lowest BCUT2D eigenvalue weighted by atomic mass is 10.1. The third kappa shape index (κ3) is 7.21. The van der Waals surface area contributed by atoms with E-state index in [2.05, 4.69) is 10.5 Å². The molecule has 8 heteroatoms. The molecule has 0 aliphatic heterocycles. The monoisotopic (exact) mass is 528 g/mol. The topological polar surface area (TPSA) is 86.2 Å². The molecule has 7 nitrogen and oxygen atoms in total. The molecule has 0 radical (unpaired) electrons. The number of esters is 1. The Balaban J connectivity index is 1.36. The molecule has 0 fully saturated rings. The standard InChI is InChI=1S/C30H25ClN2O5/c1-36-30(35)23-14-10-21(11-15-23)19-37-27-8-4-2-6-24(27)18-32-33-29(34)26-7-3-5-9-28(26)38-20-22-12-16-25(31)17-13-22/h2-18H,19-20H2,1H3,(H,33,34)/b32-18-. The Bertz CT molecular complexity index is 1420. The normalized spacial score (nSPS) is 10.7. The van der Waals surface area contributed by atoms with Gasteiger partial charge in [0.15, 0.2) is 0 Å². The fraction of sp³-hybridized carbons (Fsp3) is 0.100. The first-order valence-corrected chi connectivity index (χ1v) is 12.1. The van der Waals surface area contributed by atoms with Crippen molar-refractivity contribution in [2.75, 3.05) is 7.11 Å². The largest absolute Gasteiger partial charge is 0.488 e. The summed E-state index contributed by atoms with van der Waals surface area (Å²) >= 11 is 5.93. The van der Waals surface area contributed by atoms with E-state index in [9.17, 15) is 9.59 Å². The van der Waals surface area contributed by atoms with Gasteiger partial charge in [-0.1, -0.05) is 60.1 Å². The highest BCUT2D eigenvalue weighted by Gasteiger charge is 2.12. The van der Waals surface area contributed by atoms with Crippen molar-refractivity contribution >= 4 is 29.7 Å². The highest BCUT2D eigenvalue weighted by Crippen LogP contribution is 2.21. The number of nitrogens with zero attached hydrogens (tertiary/aromatic N) is 1. The van der Waals surface area contributed by atoms with Crippen molar-refractivity contribution < 1.29 is 23.8 Å². The molecule has 0 aromatic heterocycles. The van der Waals surface area contributed by atoms with E-state index in [1.807, 2.05) is 36.4 Å². The number of rotatable bonds is 10. The van der Waals surface area contributed by atoms with Gasteiger partial charge in [0, 0.05) is 10.6 Å². The molecule has 0 bridgehead atoms. The Morgan fingerprint density at radius 1 is 0.789 bits per heavy atom. The van der Waals surface area contributed by atoms with E-state index in [0.29, 0.717) is 39.8 Å². The minimum atomic E-state index is -0.406. The SMILES string of the molecule is COC(=O)c1ccc(COc2ccccc2/C=N\NC(=O)c2ccccc2OCc2ccc(Cl)cc2)cc1. The molecular formula is C30H25ClN2O5. The van der Waals surface area contributed by atoms with Crippen LogP contribution in [0, 0.1) is 0 Å². The molecule has 192 valence electrons. The van der Waals surface area contributed by atoms with E-state index in [4.69, 9.17) is 25.8 Å². The Hall–Kier alpha value is -4.62. The maximum Gasteiger partial charge on any atom is 0.337 e. The number of benzene rings is 4. The number of hydrogen-bond donors (Lipinski definition) is 1. The molecule has 4 aromatic carbocycles. The number of hydrazone groups is 1. The number of halogens is 1. The minimum absolute atomic E-state index is 0.289. The van der Waals surface area contributed by atoms with Gasteiger partial charge in [-0.2, -0.15) is 5.10 Å². The van der Waals surface area contributed by atoms with Crippen molar-refractivity contribution in [2.24, 2.45) is 5.10 Å². The second kappa shape index (κ2) is 13.1. The Morgan fingerprint density at radius 2 is 1.37 bits per heavy atom. The number of hydrogen-bond acceptors (Lipinski definition) is 6. The molecule has 0 aliphatic rings. The van der Waals surface area contributed by atoms with Crippen LogP contribution in [0.5, 0.6) is 11.5 Å². The van der Waals surface area contributed by atoms with Crippen molar-refractivity contribution in [3.8, 4) is 11.5 Å². The summed E-state index contributed by atoms with van der Waals surface area (Å²) in [5.74, 6) is 0.236. The Morgan fingerprint density at radius 3 is 2.05 bits per heavy atom. The molecule has 4 aromatic rings. The summed E-state index contributed by atoms with van der Waals surface area (Å²) in [5, 5.41) is 4.76. The van der Waals surface area contributed by atoms with Crippen LogP contribution in [0.4, 0.5) is 0 Å². The predicted molar refractivity (Wildman–Crippen MR) is 146 cm³/mol. The second-order valence-electron chi connectivity index (χ2n) is 8.13. The maximum absolute atomic E-state index is 12.8. The second-order valence-corrected chi connectivity index (χ2v) is 8.56. The lowest BCUT2D eigenvalue weighted by Gasteiger charge is -2.11. The van der Waals surface area contributed by atoms with Crippen LogP contribution in [0.25, 0.3) is 0 Å². The first-order chi connectivity index (χ1) is 18.5. The van der Waals surface area contributed by atoms with Crippen LogP contribution < -0.4 is 14.9 Å². The summed E-state index contributed by atoms with van der Waals surface area (Å²) in [6.45, 7) is 0.581. The van der Waals surface area contributed by atoms with Crippen molar-refractivity contribution in [3.05, 3.63) is 130 Å². The van der Waals surface area contributed by atoms with Gasteiger partial charge in [0.1, 0.15) is 24.7 Å². The number of methoxy groups -OCH3 is 1. The van der Waals surface area contributed by atoms with Gasteiger partial charge in [-0.25, -0.2) is 10.2 Å². The molecule has 0 saturated heterocycles. The molecule has 1 amide bonds. The number of nitrogens with one attached hydrogen (secondary N) is 1. The van der Waals surface area contributed by atoms with Gasteiger partial charge >= 0.3 is 5.97 Å². The van der Waals surface area contributed by atoms with Crippen LogP contribution in [-0.4, -0.2) is 25.2 Å². The summed E-state index contributed by atoms with van der Waals surface area (Å²) in [6.07, 6.45) is 1.52. The highest BCUT2D eigenvalue weighted by atomic mass is 35.5. The summed E-state index contributed by atoms with van der Waals surface area (Å²) < 4.78 is 16.5. The van der Waals surface area contributed by atoms with Crippen LogP contribution in [0.3, 0.4) is 0 Å². The molecule has 0 spiro atoms. The lowest BCUT2D eigenvalue weighted by molar-refractivity contribution is 0.0600. The van der Waals surface area contributed by atoms with E-state index >= 15 is 0 Å². The van der Waals surface area contributed by atoms with Gasteiger partial charge in [0.05, 0.1) is 24.5 Å². The fourth-order valence-corrected chi connectivity index (χ4v) is 3.60. The van der Waals surface area contributed by atoms with Gasteiger partial charge < -0.3 is 14.2 Å². The average Bonchev–Trinajstić information content (AvgIpc) is 2.96. The van der Waals surface area contributed by atoms with Gasteiger partial charge in [-0.05, 0) is 59.7 Å². The van der Waals surface area contributed by atoms with Gasteiger partial charge in [-0.3, -0.25) is 4.79 Å². The highest BCUT2D eigenvalue weighted by molar-refractivity contribution is 6.30. The third-order valence-electron chi connectivity index (χ3n) is 5.50. The quantitative estimate of drug-likeness (QED) is 0.154. The molecule has 0 aliphatic carbocycles. The lowest BCUT2D eigenvalue weighted by Crippen LogP contribution is -2.18. The van der Waals surface area contributed by atoms with Crippen LogP contribution in [0.2, 0.25) is 5.02 Å². The molecule has 0 unspecified atom stereocenters. The van der Waals surface area contributed by atoms with E-state index in [1.165, 1.54) is 13.3 Å². The fourth-order valence-electron chi connectivity index (χ4n) is 3.48. The van der Waals surface area contributed by atoms with Gasteiger partial charge in [0.25, 0.3) is 5.91 Å². The third-order valence-corrected chi connectivity index (χ3v) is 5.75. The molecule has 0 saturated carbocycles. The summed E-state index contributed by atoms with van der Waals surface area (Å²) in [4.78, 5) is 24.4. The molecule has 0 atom stereocenters. The minimum Gasteiger partial charge on any atom is -0.488 e. The smallest absolute Gasteiger partial charge is 0.337 e. The summed E-state index contributed by atoms with van der Waals surface area (Å²) in [7, 11) is 1.34. The van der Waals surface area contributed by atoms with Gasteiger partial charge in [-0.15, -0.1) is 0 Å². The summed E-state index contributed by atoms with van der Waals surface area (Å²) in [6, 6.07) is 28.6. The molecule has 4 rings (SSSR count). The van der Waals surface area contributed by atoms with E-state index < -0.39 is 11.9 Å². The average molecular weight is 529 g/mol. The Kier molecular flexibility index (Phi) is 9.10. The number of amides is 1. The van der Waals surface area contributed by atoms with Crippen molar-refractivity contribution in [1.82, 2.24) is 5.43 Å². The van der Waals surface area contributed by atoms with Gasteiger partial charge in [0.2, 0.25) is 0 Å². The summed E-state index contributed by atoms with van der Waals surface area (Å²) in [5.41, 5.74) is 5.88. The first-order valence-electron chi connectivity index (χ1n) is 11.7. The zero-order valence-electron chi connectivity index (χ0n) is 20.6. The zero-order chi connectivity index (χ0) is 26.7. The number of carbonyl (C=O) groups is 2. The Labute approximate surface area is 225 Å². The van der Waals surface area contributed by atoms with Crippen molar-refractivity contribution in [1.29, 1.82) is 0 Å². The molecule has 38 heavy (non-hydrogen) atoms. The van der Waals surface area contributed by atoms with E-state index in [-0.39, 0.29) is 6.61 Å². The molecular weight excluding hydrogens is 504 g/mol. The molecule has 1 N–H and O–H groups in total. The van der Waals surface area contributed by atoms with E-state index in [1.54, 1.807) is 60.7 Å². The van der Waals surface area contributed by atoms with E-state index in [0.717, 1.165) is 11.1 Å². The zero-order valence-corrected chi connectivity index (χ0v) is 21.4. The van der Waals surface area contributed by atoms with Crippen LogP contribution in [0.1, 0.15) is 37.4 Å². The maximum atomic E-state index is 12.8. The van der Waals surface area contributed by atoms with Crippen molar-refractivity contribution in [3.63, 3.8) is 0 Å². The van der Waals surface area contributed by atoms with Crippen LogP contribution in [0.15, 0.2) is 102 Å².